The molecule has 0 aliphatic carbocycles. The molecule has 4 nitrogen and oxygen atoms in total. The lowest BCUT2D eigenvalue weighted by Gasteiger charge is -2.16. The first-order valence-electron chi connectivity index (χ1n) is 15.4. The maximum absolute atomic E-state index is 15.5. The Hall–Kier alpha value is -6.01. The molecule has 0 saturated heterocycles. The van der Waals surface area contributed by atoms with Crippen LogP contribution in [0.15, 0.2) is 133 Å². The number of nitrogens with zero attached hydrogens (tertiary/aromatic N) is 4. The van der Waals surface area contributed by atoms with E-state index in [-0.39, 0.29) is 5.56 Å². The zero-order chi connectivity index (χ0) is 32.1. The van der Waals surface area contributed by atoms with Gasteiger partial charge in [0.1, 0.15) is 11.6 Å². The molecule has 0 fully saturated rings. The van der Waals surface area contributed by atoms with E-state index in [0.717, 1.165) is 44.7 Å². The summed E-state index contributed by atoms with van der Waals surface area (Å²) in [4.78, 5) is 14.8. The van der Waals surface area contributed by atoms with Crippen molar-refractivity contribution in [3.05, 3.63) is 156 Å². The number of aryl methyl sites for hydroxylation is 2. The van der Waals surface area contributed by atoms with Crippen molar-refractivity contribution in [1.82, 2.24) is 19.5 Å². The second kappa shape index (κ2) is 11.4. The van der Waals surface area contributed by atoms with Gasteiger partial charge < -0.3 is 4.57 Å². The summed E-state index contributed by atoms with van der Waals surface area (Å²) in [6.07, 6.45) is 0. The molecular formula is C41H28F2N4. The van der Waals surface area contributed by atoms with Crippen molar-refractivity contribution in [3.63, 3.8) is 0 Å². The molecular weight excluding hydrogens is 586 g/mol. The Labute approximate surface area is 270 Å². The zero-order valence-electron chi connectivity index (χ0n) is 25.7. The van der Waals surface area contributed by atoms with Gasteiger partial charge in [0.25, 0.3) is 0 Å². The molecule has 2 aromatic heterocycles. The van der Waals surface area contributed by atoms with Crippen LogP contribution in [0.2, 0.25) is 0 Å². The molecule has 2 heterocycles. The van der Waals surface area contributed by atoms with Crippen molar-refractivity contribution in [2.75, 3.05) is 0 Å². The van der Waals surface area contributed by atoms with Gasteiger partial charge in [-0.3, -0.25) is 0 Å². The van der Waals surface area contributed by atoms with Crippen molar-refractivity contribution in [2.45, 2.75) is 13.8 Å². The Kier molecular flexibility index (Phi) is 6.91. The van der Waals surface area contributed by atoms with E-state index >= 15 is 4.39 Å². The van der Waals surface area contributed by atoms with E-state index < -0.39 is 11.6 Å². The van der Waals surface area contributed by atoms with Crippen LogP contribution in [0, 0.1) is 25.5 Å². The monoisotopic (exact) mass is 614 g/mol. The Morgan fingerprint density at radius 1 is 0.468 bits per heavy atom. The van der Waals surface area contributed by atoms with Crippen molar-refractivity contribution in [1.29, 1.82) is 0 Å². The minimum Gasteiger partial charge on any atom is -0.309 e. The third-order valence-electron chi connectivity index (χ3n) is 8.50. The zero-order valence-corrected chi connectivity index (χ0v) is 25.7. The van der Waals surface area contributed by atoms with E-state index in [1.807, 2.05) is 78.9 Å². The predicted molar refractivity (Wildman–Crippen MR) is 185 cm³/mol. The molecule has 8 aromatic rings. The Morgan fingerprint density at radius 3 is 1.55 bits per heavy atom. The Balaban J connectivity index is 1.44. The number of benzene rings is 6. The van der Waals surface area contributed by atoms with Crippen LogP contribution in [-0.4, -0.2) is 19.5 Å². The summed E-state index contributed by atoms with van der Waals surface area (Å²) < 4.78 is 31.8. The molecule has 0 radical (unpaired) electrons. The summed E-state index contributed by atoms with van der Waals surface area (Å²) in [7, 11) is 0. The van der Waals surface area contributed by atoms with Crippen molar-refractivity contribution >= 4 is 21.8 Å². The van der Waals surface area contributed by atoms with Crippen LogP contribution < -0.4 is 0 Å². The molecule has 0 bridgehead atoms. The van der Waals surface area contributed by atoms with E-state index in [2.05, 4.69) is 54.8 Å². The number of aromatic nitrogens is 4. The van der Waals surface area contributed by atoms with Crippen LogP contribution in [0.4, 0.5) is 8.78 Å². The average Bonchev–Trinajstić information content (AvgIpc) is 3.41. The van der Waals surface area contributed by atoms with E-state index in [0.29, 0.717) is 28.6 Å². The minimum atomic E-state index is -0.664. The normalized spacial score (nSPS) is 11.4. The Morgan fingerprint density at radius 2 is 1.00 bits per heavy atom. The summed E-state index contributed by atoms with van der Waals surface area (Å²) in [5.74, 6) is 0.0627. The number of halogens is 2. The fraction of sp³-hybridized carbons (Fsp3) is 0.0488. The molecule has 0 N–H and O–H groups in total. The fourth-order valence-corrected chi connectivity index (χ4v) is 6.26. The lowest BCUT2D eigenvalue weighted by atomic mass is 9.97. The van der Waals surface area contributed by atoms with Gasteiger partial charge in [0.2, 0.25) is 0 Å². The van der Waals surface area contributed by atoms with Crippen LogP contribution in [0.5, 0.6) is 0 Å². The van der Waals surface area contributed by atoms with Gasteiger partial charge in [-0.15, -0.1) is 0 Å². The molecule has 0 amide bonds. The van der Waals surface area contributed by atoms with E-state index in [9.17, 15) is 4.39 Å². The quantitative estimate of drug-likeness (QED) is 0.194. The highest BCUT2D eigenvalue weighted by Gasteiger charge is 2.20. The van der Waals surface area contributed by atoms with Crippen LogP contribution in [0.25, 0.3) is 72.8 Å². The highest BCUT2D eigenvalue weighted by Crippen LogP contribution is 2.39. The number of hydrogen-bond acceptors (Lipinski definition) is 3. The predicted octanol–water partition coefficient (Wildman–Crippen LogP) is 10.5. The maximum Gasteiger partial charge on any atom is 0.164 e. The summed E-state index contributed by atoms with van der Waals surface area (Å²) in [6.45, 7) is 4.19. The van der Waals surface area contributed by atoms with Gasteiger partial charge in [-0.25, -0.2) is 23.7 Å². The largest absolute Gasteiger partial charge is 0.309 e. The molecule has 0 saturated carbocycles. The van der Waals surface area contributed by atoms with Gasteiger partial charge >= 0.3 is 0 Å². The molecule has 0 spiro atoms. The van der Waals surface area contributed by atoms with Gasteiger partial charge in [-0.1, -0.05) is 90.0 Å². The van der Waals surface area contributed by atoms with Crippen molar-refractivity contribution in [3.8, 4) is 51.0 Å². The van der Waals surface area contributed by atoms with E-state index in [1.165, 1.54) is 23.3 Å². The number of fused-ring (bicyclic) bond motifs is 3. The molecule has 6 heteroatoms. The van der Waals surface area contributed by atoms with Gasteiger partial charge in [0.05, 0.1) is 11.0 Å². The maximum atomic E-state index is 15.5. The molecule has 47 heavy (non-hydrogen) atoms. The standard InChI is InChI=1S/C41H28F2N4/c1-25-13-19-37-33(21-25)34-22-26(2)14-20-38(34)47(37)30-16-18-31(32-17-15-29(42)23-36(32)43)35(24-30)41-45-39(27-9-5-3-6-10-27)44-40(46-41)28-11-7-4-8-12-28/h3-24H,1-2H3. The van der Waals surface area contributed by atoms with Gasteiger partial charge in [-0.2, -0.15) is 0 Å². The van der Waals surface area contributed by atoms with Crippen LogP contribution in [-0.2, 0) is 0 Å². The molecule has 8 rings (SSSR count). The average molecular weight is 615 g/mol. The van der Waals surface area contributed by atoms with Crippen LogP contribution in [0.1, 0.15) is 11.1 Å². The first-order chi connectivity index (χ1) is 22.9. The minimum absolute atomic E-state index is 0.254. The second-order valence-electron chi connectivity index (χ2n) is 11.8. The summed E-state index contributed by atoms with van der Waals surface area (Å²) in [5, 5.41) is 2.30. The summed E-state index contributed by atoms with van der Waals surface area (Å²) in [6, 6.07) is 41.8. The van der Waals surface area contributed by atoms with Crippen LogP contribution >= 0.6 is 0 Å². The smallest absolute Gasteiger partial charge is 0.164 e. The topological polar surface area (TPSA) is 43.6 Å². The highest BCUT2D eigenvalue weighted by molar-refractivity contribution is 6.10. The number of hydrogen-bond donors (Lipinski definition) is 0. The molecule has 0 atom stereocenters. The van der Waals surface area contributed by atoms with E-state index in [4.69, 9.17) is 15.0 Å². The SMILES string of the molecule is Cc1ccc2c(c1)c1cc(C)ccc1n2-c1ccc(-c2ccc(F)cc2F)c(-c2nc(-c3ccccc3)nc(-c3ccccc3)n2)c1. The summed E-state index contributed by atoms with van der Waals surface area (Å²) in [5.41, 5.74) is 8.36. The Bertz CT molecular complexity index is 2330. The molecule has 0 unspecified atom stereocenters. The van der Waals surface area contributed by atoms with Gasteiger partial charge in [0, 0.05) is 44.8 Å². The second-order valence-corrected chi connectivity index (χ2v) is 11.8. The summed E-state index contributed by atoms with van der Waals surface area (Å²) >= 11 is 0. The lowest BCUT2D eigenvalue weighted by Crippen LogP contribution is -2.03. The van der Waals surface area contributed by atoms with Crippen LogP contribution in [0.3, 0.4) is 0 Å². The molecule has 6 aromatic carbocycles. The third-order valence-corrected chi connectivity index (χ3v) is 8.50. The number of rotatable bonds is 5. The van der Waals surface area contributed by atoms with Crippen molar-refractivity contribution < 1.29 is 8.78 Å². The fourth-order valence-electron chi connectivity index (χ4n) is 6.26. The molecule has 0 aliphatic heterocycles. The first-order valence-corrected chi connectivity index (χ1v) is 15.4. The molecule has 226 valence electrons. The highest BCUT2D eigenvalue weighted by atomic mass is 19.1. The van der Waals surface area contributed by atoms with Gasteiger partial charge in [0.15, 0.2) is 17.5 Å². The lowest BCUT2D eigenvalue weighted by molar-refractivity contribution is 0.585. The molecule has 0 aliphatic rings. The first kappa shape index (κ1) is 28.5. The van der Waals surface area contributed by atoms with E-state index in [1.54, 1.807) is 0 Å². The van der Waals surface area contributed by atoms with Gasteiger partial charge in [-0.05, 0) is 67.9 Å². The third kappa shape index (κ3) is 5.14. The van der Waals surface area contributed by atoms with Crippen molar-refractivity contribution in [2.24, 2.45) is 0 Å².